The molecule has 5 nitrogen and oxygen atoms in total. The van der Waals surface area contributed by atoms with Crippen LogP contribution in [-0.2, 0) is 7.05 Å². The van der Waals surface area contributed by atoms with E-state index < -0.39 is 0 Å². The zero-order valence-corrected chi connectivity index (χ0v) is 7.18. The van der Waals surface area contributed by atoms with Gasteiger partial charge in [-0.1, -0.05) is 0 Å². The number of aryl methyl sites for hydroxylation is 1. The lowest BCUT2D eigenvalue weighted by Gasteiger charge is -1.91. The largest absolute Gasteiger partial charge is 0.384 e. The fourth-order valence-corrected chi connectivity index (χ4v) is 1.06. The Kier molecular flexibility index (Phi) is 1.70. The zero-order valence-electron chi connectivity index (χ0n) is 7.18. The lowest BCUT2D eigenvalue weighted by molar-refractivity contribution is 0.782. The highest BCUT2D eigenvalue weighted by Gasteiger charge is 2.03. The van der Waals surface area contributed by atoms with Gasteiger partial charge in [0, 0.05) is 18.7 Å². The summed E-state index contributed by atoms with van der Waals surface area (Å²) < 4.78 is 1.62. The second kappa shape index (κ2) is 2.85. The lowest BCUT2D eigenvalue weighted by atomic mass is 10.2. The van der Waals surface area contributed by atoms with Gasteiger partial charge in [-0.05, 0) is 6.07 Å². The first-order valence-corrected chi connectivity index (χ1v) is 3.84. The average Bonchev–Trinajstić information content (AvgIpc) is 2.49. The van der Waals surface area contributed by atoms with Crippen molar-refractivity contribution in [1.82, 2.24) is 20.0 Å². The summed E-state index contributed by atoms with van der Waals surface area (Å²) in [4.78, 5) is 0. The molecule has 0 aliphatic heterocycles. The second-order valence-electron chi connectivity index (χ2n) is 2.71. The molecular weight excluding hydrogens is 166 g/mol. The molecule has 0 fully saturated rings. The van der Waals surface area contributed by atoms with Crippen LogP contribution in [0.1, 0.15) is 0 Å². The number of rotatable bonds is 1. The van der Waals surface area contributed by atoms with Crippen molar-refractivity contribution in [1.29, 1.82) is 0 Å². The highest BCUT2D eigenvalue weighted by Crippen LogP contribution is 2.17. The maximum absolute atomic E-state index is 5.64. The monoisotopic (exact) mass is 175 g/mol. The third-order valence-corrected chi connectivity index (χ3v) is 1.80. The topological polar surface area (TPSA) is 69.6 Å². The first kappa shape index (κ1) is 7.72. The Morgan fingerprint density at radius 1 is 1.38 bits per heavy atom. The van der Waals surface area contributed by atoms with Crippen molar-refractivity contribution < 1.29 is 0 Å². The van der Waals surface area contributed by atoms with E-state index >= 15 is 0 Å². The van der Waals surface area contributed by atoms with Gasteiger partial charge in [-0.25, -0.2) is 0 Å². The molecule has 2 aromatic heterocycles. The number of nitrogens with zero attached hydrogens (tertiary/aromatic N) is 4. The van der Waals surface area contributed by atoms with E-state index in [4.69, 9.17) is 5.73 Å². The molecule has 0 saturated heterocycles. The van der Waals surface area contributed by atoms with Gasteiger partial charge in [0.15, 0.2) is 0 Å². The Bertz CT molecular complexity index is 386. The van der Waals surface area contributed by atoms with Crippen LogP contribution in [0.25, 0.3) is 11.3 Å². The first-order chi connectivity index (χ1) is 6.27. The molecule has 0 aromatic carbocycles. The minimum absolute atomic E-state index is 0.631. The smallest absolute Gasteiger partial charge is 0.121 e. The van der Waals surface area contributed by atoms with Gasteiger partial charge < -0.3 is 5.73 Å². The molecule has 0 aliphatic carbocycles. The molecule has 0 aliphatic rings. The van der Waals surface area contributed by atoms with Gasteiger partial charge in [0.25, 0.3) is 0 Å². The van der Waals surface area contributed by atoms with E-state index in [-0.39, 0.29) is 0 Å². The van der Waals surface area contributed by atoms with Crippen LogP contribution < -0.4 is 5.73 Å². The van der Waals surface area contributed by atoms with Crippen LogP contribution in [0.3, 0.4) is 0 Å². The standard InChI is InChI=1S/C8H9N5/c1-13-8(9)4-7(12-13)6-2-3-10-11-5-6/h2-5H,9H2,1H3. The Morgan fingerprint density at radius 2 is 2.23 bits per heavy atom. The van der Waals surface area contributed by atoms with Gasteiger partial charge in [-0.3, -0.25) is 4.68 Å². The van der Waals surface area contributed by atoms with Crippen LogP contribution in [0, 0.1) is 0 Å². The van der Waals surface area contributed by atoms with Gasteiger partial charge >= 0.3 is 0 Å². The number of hydrogen-bond acceptors (Lipinski definition) is 4. The molecule has 5 heteroatoms. The minimum atomic E-state index is 0.631. The normalized spacial score (nSPS) is 10.2. The van der Waals surface area contributed by atoms with Crippen molar-refractivity contribution >= 4 is 5.82 Å². The Balaban J connectivity index is 2.48. The van der Waals surface area contributed by atoms with Crippen LogP contribution >= 0.6 is 0 Å². The van der Waals surface area contributed by atoms with E-state index in [0.717, 1.165) is 11.3 Å². The molecule has 0 amide bonds. The number of nitrogen functional groups attached to an aromatic ring is 1. The summed E-state index contributed by atoms with van der Waals surface area (Å²) in [7, 11) is 1.80. The van der Waals surface area contributed by atoms with E-state index in [0.29, 0.717) is 5.82 Å². The van der Waals surface area contributed by atoms with Crippen LogP contribution in [0.15, 0.2) is 24.5 Å². The molecule has 0 radical (unpaired) electrons. The summed E-state index contributed by atoms with van der Waals surface area (Å²) in [6.07, 6.45) is 3.28. The fourth-order valence-electron chi connectivity index (χ4n) is 1.06. The predicted octanol–water partition coefficient (Wildman–Crippen LogP) is 0.459. The summed E-state index contributed by atoms with van der Waals surface area (Å²) in [5, 5.41) is 11.6. The summed E-state index contributed by atoms with van der Waals surface area (Å²) in [5.74, 6) is 0.631. The maximum atomic E-state index is 5.64. The van der Waals surface area contributed by atoms with Crippen molar-refractivity contribution in [2.24, 2.45) is 7.05 Å². The highest BCUT2D eigenvalue weighted by atomic mass is 15.3. The molecule has 0 atom stereocenters. The third-order valence-electron chi connectivity index (χ3n) is 1.80. The van der Waals surface area contributed by atoms with Crippen molar-refractivity contribution in [3.63, 3.8) is 0 Å². The predicted molar refractivity (Wildman–Crippen MR) is 48.6 cm³/mol. The molecule has 0 bridgehead atoms. The van der Waals surface area contributed by atoms with E-state index in [9.17, 15) is 0 Å². The summed E-state index contributed by atoms with van der Waals surface area (Å²) >= 11 is 0. The fraction of sp³-hybridized carbons (Fsp3) is 0.125. The van der Waals surface area contributed by atoms with Crippen molar-refractivity contribution in [3.05, 3.63) is 24.5 Å². The molecule has 0 unspecified atom stereocenters. The van der Waals surface area contributed by atoms with Crippen LogP contribution in [0.5, 0.6) is 0 Å². The molecular formula is C8H9N5. The highest BCUT2D eigenvalue weighted by molar-refractivity contribution is 5.60. The summed E-state index contributed by atoms with van der Waals surface area (Å²) in [6, 6.07) is 3.64. The Labute approximate surface area is 75.2 Å². The summed E-state index contributed by atoms with van der Waals surface area (Å²) in [6.45, 7) is 0. The quantitative estimate of drug-likeness (QED) is 0.683. The second-order valence-corrected chi connectivity index (χ2v) is 2.71. The van der Waals surface area contributed by atoms with Gasteiger partial charge in [0.2, 0.25) is 0 Å². The van der Waals surface area contributed by atoms with Crippen LogP contribution in [-0.4, -0.2) is 20.0 Å². The van der Waals surface area contributed by atoms with Gasteiger partial charge in [-0.2, -0.15) is 15.3 Å². The van der Waals surface area contributed by atoms with E-state index in [2.05, 4.69) is 15.3 Å². The lowest BCUT2D eigenvalue weighted by Crippen LogP contribution is -1.96. The van der Waals surface area contributed by atoms with Gasteiger partial charge in [0.1, 0.15) is 5.82 Å². The van der Waals surface area contributed by atoms with Crippen molar-refractivity contribution in [2.75, 3.05) is 5.73 Å². The summed E-state index contributed by atoms with van der Waals surface area (Å²) in [5.41, 5.74) is 7.38. The Morgan fingerprint density at radius 3 is 2.77 bits per heavy atom. The minimum Gasteiger partial charge on any atom is -0.384 e. The van der Waals surface area contributed by atoms with E-state index in [1.807, 2.05) is 6.07 Å². The van der Waals surface area contributed by atoms with Crippen molar-refractivity contribution in [2.45, 2.75) is 0 Å². The third kappa shape index (κ3) is 1.35. The SMILES string of the molecule is Cn1nc(-c2ccnnc2)cc1N. The van der Waals surface area contributed by atoms with Crippen LogP contribution in [0.4, 0.5) is 5.82 Å². The Hall–Kier alpha value is -1.91. The molecule has 0 saturated carbocycles. The maximum Gasteiger partial charge on any atom is 0.121 e. The van der Waals surface area contributed by atoms with Crippen LogP contribution in [0.2, 0.25) is 0 Å². The molecule has 0 spiro atoms. The number of nitrogens with two attached hydrogens (primary N) is 1. The number of aromatic nitrogens is 4. The molecule has 13 heavy (non-hydrogen) atoms. The number of anilines is 1. The molecule has 2 rings (SSSR count). The van der Waals surface area contributed by atoms with E-state index in [1.54, 1.807) is 30.2 Å². The van der Waals surface area contributed by atoms with E-state index in [1.165, 1.54) is 0 Å². The molecule has 2 N–H and O–H groups in total. The average molecular weight is 175 g/mol. The molecule has 2 aromatic rings. The van der Waals surface area contributed by atoms with Gasteiger partial charge in [-0.15, -0.1) is 0 Å². The first-order valence-electron chi connectivity index (χ1n) is 3.84. The number of hydrogen-bond donors (Lipinski definition) is 1. The molecule has 66 valence electrons. The van der Waals surface area contributed by atoms with Gasteiger partial charge in [0.05, 0.1) is 18.1 Å². The van der Waals surface area contributed by atoms with Crippen molar-refractivity contribution in [3.8, 4) is 11.3 Å². The molecule has 2 heterocycles. The zero-order chi connectivity index (χ0) is 9.26.